The van der Waals surface area contributed by atoms with Crippen LogP contribution in [0.1, 0.15) is 43.4 Å². The van der Waals surface area contributed by atoms with Gasteiger partial charge in [0.15, 0.2) is 23.0 Å². The monoisotopic (exact) mass is 589 g/mol. The molecule has 1 aliphatic carbocycles. The lowest BCUT2D eigenvalue weighted by molar-refractivity contribution is -0.119. The first-order chi connectivity index (χ1) is 20.8. The van der Waals surface area contributed by atoms with Gasteiger partial charge in [0.1, 0.15) is 0 Å². The summed E-state index contributed by atoms with van der Waals surface area (Å²) in [5, 5.41) is 9.05. The summed E-state index contributed by atoms with van der Waals surface area (Å²) >= 11 is 0. The van der Waals surface area contributed by atoms with E-state index in [1.807, 2.05) is 12.1 Å². The van der Waals surface area contributed by atoms with Crippen molar-refractivity contribution in [3.8, 4) is 39.9 Å². The second-order valence-electron chi connectivity index (χ2n) is 10.2. The topological polar surface area (TPSA) is 133 Å². The Bertz CT molecular complexity index is 1610. The molecule has 0 spiro atoms. The smallest absolute Gasteiger partial charge is 0.231 e. The molecule has 0 saturated carbocycles. The van der Waals surface area contributed by atoms with E-state index in [1.165, 1.54) is 6.92 Å². The number of hydrogen-bond acceptors (Lipinski definition) is 9. The molecule has 0 fully saturated rings. The molecule has 2 aliphatic rings. The molecular formula is C32H35N3O8. The van der Waals surface area contributed by atoms with Crippen LogP contribution in [-0.2, 0) is 16.0 Å². The van der Waals surface area contributed by atoms with Crippen LogP contribution < -0.4 is 45.1 Å². The van der Waals surface area contributed by atoms with Crippen molar-refractivity contribution in [2.24, 2.45) is 0 Å². The SMILES string of the molecule is COc1cc2c(c(OC)c1OC)-c1ccc(NCCCC(=O)Nc3ccc4c(c3)OCO4)c(=O)cc1[C@H](NC(C)=O)CC2. The Kier molecular flexibility index (Phi) is 8.89. The summed E-state index contributed by atoms with van der Waals surface area (Å²) < 4.78 is 27.7. The van der Waals surface area contributed by atoms with Crippen LogP contribution in [0.4, 0.5) is 11.4 Å². The molecule has 1 aliphatic heterocycles. The van der Waals surface area contributed by atoms with Crippen molar-refractivity contribution in [3.63, 3.8) is 0 Å². The normalized spacial score (nSPS) is 14.5. The van der Waals surface area contributed by atoms with Crippen LogP contribution in [-0.4, -0.2) is 46.5 Å². The van der Waals surface area contributed by atoms with E-state index < -0.39 is 6.04 Å². The van der Waals surface area contributed by atoms with E-state index >= 15 is 0 Å². The van der Waals surface area contributed by atoms with Gasteiger partial charge >= 0.3 is 0 Å². The minimum Gasteiger partial charge on any atom is -0.493 e. The third-order valence-corrected chi connectivity index (χ3v) is 7.47. The first-order valence-corrected chi connectivity index (χ1v) is 14.0. The van der Waals surface area contributed by atoms with Gasteiger partial charge in [0, 0.05) is 37.2 Å². The number of rotatable bonds is 10. The quantitative estimate of drug-likeness (QED) is 0.294. The van der Waals surface area contributed by atoms with E-state index in [4.69, 9.17) is 23.7 Å². The molecule has 3 aromatic rings. The molecule has 5 rings (SSSR count). The number of carbonyl (C=O) groups is 2. The lowest BCUT2D eigenvalue weighted by Gasteiger charge is -2.19. The van der Waals surface area contributed by atoms with Gasteiger partial charge in [-0.3, -0.25) is 14.4 Å². The molecule has 3 aromatic carbocycles. The zero-order valence-electron chi connectivity index (χ0n) is 24.6. The number of nitrogens with one attached hydrogen (secondary N) is 3. The fourth-order valence-electron chi connectivity index (χ4n) is 5.52. The molecule has 2 amide bonds. The molecule has 43 heavy (non-hydrogen) atoms. The largest absolute Gasteiger partial charge is 0.493 e. The van der Waals surface area contributed by atoms with Crippen LogP contribution in [0.5, 0.6) is 28.7 Å². The van der Waals surface area contributed by atoms with Crippen molar-refractivity contribution in [2.75, 3.05) is 45.3 Å². The average molecular weight is 590 g/mol. The number of hydrogen-bond donors (Lipinski definition) is 3. The fraction of sp³-hybridized carbons (Fsp3) is 0.344. The Morgan fingerprint density at radius 3 is 2.49 bits per heavy atom. The van der Waals surface area contributed by atoms with Gasteiger partial charge in [0.05, 0.1) is 33.1 Å². The van der Waals surface area contributed by atoms with Crippen LogP contribution in [0.3, 0.4) is 0 Å². The van der Waals surface area contributed by atoms with E-state index in [0.717, 1.165) is 16.7 Å². The molecule has 1 atom stereocenters. The highest BCUT2D eigenvalue weighted by Crippen LogP contribution is 2.50. The van der Waals surface area contributed by atoms with Crippen LogP contribution in [0.15, 0.2) is 47.3 Å². The highest BCUT2D eigenvalue weighted by atomic mass is 16.7. The maximum atomic E-state index is 13.4. The van der Waals surface area contributed by atoms with Crippen LogP contribution in [0, 0.1) is 0 Å². The first-order valence-electron chi connectivity index (χ1n) is 14.0. The van der Waals surface area contributed by atoms with E-state index in [1.54, 1.807) is 51.7 Å². The van der Waals surface area contributed by atoms with Crippen molar-refractivity contribution >= 4 is 23.2 Å². The molecule has 11 heteroatoms. The zero-order chi connectivity index (χ0) is 30.5. The molecule has 11 nitrogen and oxygen atoms in total. The predicted octanol–water partition coefficient (Wildman–Crippen LogP) is 4.42. The lowest BCUT2D eigenvalue weighted by Crippen LogP contribution is -2.26. The molecule has 0 unspecified atom stereocenters. The number of anilines is 2. The minimum absolute atomic E-state index is 0.153. The standard InChI is InChI=1S/C32H35N3O8/c1-18(36)34-23-10-7-19-14-28(39-2)31(40-3)32(41-4)30(19)21-9-11-24(25(37)16-22(21)23)33-13-5-6-29(38)35-20-8-12-26-27(15-20)43-17-42-26/h8-9,11-12,14-16,23H,5-7,10,13,17H2,1-4H3,(H,33,37)(H,34,36)(H,35,38)/t23-/m1/s1. The van der Waals surface area contributed by atoms with Gasteiger partial charge in [-0.25, -0.2) is 0 Å². The Morgan fingerprint density at radius 1 is 0.953 bits per heavy atom. The van der Waals surface area contributed by atoms with Gasteiger partial charge in [-0.15, -0.1) is 0 Å². The maximum absolute atomic E-state index is 13.4. The van der Waals surface area contributed by atoms with Crippen LogP contribution in [0.2, 0.25) is 0 Å². The highest BCUT2D eigenvalue weighted by Gasteiger charge is 2.29. The highest BCUT2D eigenvalue weighted by molar-refractivity contribution is 5.91. The summed E-state index contributed by atoms with van der Waals surface area (Å²) in [4.78, 5) is 38.1. The lowest BCUT2D eigenvalue weighted by atomic mass is 9.95. The van der Waals surface area contributed by atoms with Gasteiger partial charge in [0.25, 0.3) is 0 Å². The molecular weight excluding hydrogens is 554 g/mol. The number of fused-ring (bicyclic) bond motifs is 4. The third kappa shape index (κ3) is 6.30. The van der Waals surface area contributed by atoms with E-state index in [2.05, 4.69) is 16.0 Å². The summed E-state index contributed by atoms with van der Waals surface area (Å²) in [6.45, 7) is 2.02. The van der Waals surface area contributed by atoms with Gasteiger partial charge in [-0.2, -0.15) is 0 Å². The number of benzene rings is 2. The Morgan fingerprint density at radius 2 is 1.74 bits per heavy atom. The van der Waals surface area contributed by atoms with E-state index in [0.29, 0.717) is 71.5 Å². The first kappa shape index (κ1) is 29.6. The van der Waals surface area contributed by atoms with Crippen LogP contribution in [0.25, 0.3) is 11.1 Å². The number of methoxy groups -OCH3 is 3. The van der Waals surface area contributed by atoms with E-state index in [-0.39, 0.29) is 30.5 Å². The molecule has 0 radical (unpaired) electrons. The van der Waals surface area contributed by atoms with Gasteiger partial charge in [-0.1, -0.05) is 6.07 Å². The molecule has 0 aromatic heterocycles. The molecule has 0 bridgehead atoms. The number of carbonyl (C=O) groups excluding carboxylic acids is 2. The summed E-state index contributed by atoms with van der Waals surface area (Å²) in [6.07, 6.45) is 1.93. The maximum Gasteiger partial charge on any atom is 0.231 e. The second-order valence-corrected chi connectivity index (χ2v) is 10.2. The average Bonchev–Trinajstić information content (AvgIpc) is 3.34. The van der Waals surface area contributed by atoms with Crippen molar-refractivity contribution < 1.29 is 33.3 Å². The number of aryl methyl sites for hydroxylation is 1. The van der Waals surface area contributed by atoms with Gasteiger partial charge < -0.3 is 39.6 Å². The second kappa shape index (κ2) is 12.9. The third-order valence-electron chi connectivity index (χ3n) is 7.47. The van der Waals surface area contributed by atoms with E-state index in [9.17, 15) is 14.4 Å². The number of ether oxygens (including phenoxy) is 5. The van der Waals surface area contributed by atoms with Crippen molar-refractivity contribution in [2.45, 2.75) is 38.6 Å². The van der Waals surface area contributed by atoms with Crippen molar-refractivity contribution in [1.82, 2.24) is 5.32 Å². The number of amides is 2. The fourth-order valence-corrected chi connectivity index (χ4v) is 5.52. The summed E-state index contributed by atoms with van der Waals surface area (Å²) in [5.41, 5.74) is 3.93. The van der Waals surface area contributed by atoms with Gasteiger partial charge in [0.2, 0.25) is 29.8 Å². The molecule has 3 N–H and O–H groups in total. The molecule has 226 valence electrons. The minimum atomic E-state index is -0.394. The Labute approximate surface area is 249 Å². The van der Waals surface area contributed by atoms with Crippen LogP contribution >= 0.6 is 0 Å². The predicted molar refractivity (Wildman–Crippen MR) is 162 cm³/mol. The molecule has 0 saturated heterocycles. The zero-order valence-corrected chi connectivity index (χ0v) is 24.6. The van der Waals surface area contributed by atoms with Crippen molar-refractivity contribution in [1.29, 1.82) is 0 Å². The Balaban J connectivity index is 1.38. The summed E-state index contributed by atoms with van der Waals surface area (Å²) in [5.74, 6) is 2.36. The van der Waals surface area contributed by atoms with Crippen molar-refractivity contribution in [3.05, 3.63) is 63.8 Å². The summed E-state index contributed by atoms with van der Waals surface area (Å²) in [7, 11) is 4.67. The Hall–Kier alpha value is -4.93. The molecule has 1 heterocycles. The van der Waals surface area contributed by atoms with Gasteiger partial charge in [-0.05, 0) is 66.3 Å². The summed E-state index contributed by atoms with van der Waals surface area (Å²) in [6, 6.07) is 11.9.